The fourth-order valence-electron chi connectivity index (χ4n) is 3.41. The molecule has 1 aliphatic rings. The Balaban J connectivity index is 2.23. The Bertz CT molecular complexity index is 697. The predicted octanol–water partition coefficient (Wildman–Crippen LogP) is 2.87. The maximum Gasteiger partial charge on any atom is 0.256 e. The van der Waals surface area contributed by atoms with Crippen LogP contribution in [0.4, 0.5) is 5.69 Å². The number of likely N-dealkylation sites (tertiary alicyclic amines) is 1. The van der Waals surface area contributed by atoms with Crippen molar-refractivity contribution in [3.05, 3.63) is 27.3 Å². The molecule has 3 atom stereocenters. The molecule has 1 fully saturated rings. The van der Waals surface area contributed by atoms with Gasteiger partial charge < -0.3 is 15.5 Å². The summed E-state index contributed by atoms with van der Waals surface area (Å²) in [4.78, 5) is 38.4. The van der Waals surface area contributed by atoms with Crippen molar-refractivity contribution in [2.75, 3.05) is 18.4 Å². The lowest BCUT2D eigenvalue weighted by molar-refractivity contribution is -0.124. The first-order chi connectivity index (χ1) is 12.2. The molecule has 1 saturated heterocycles. The first-order valence-electron chi connectivity index (χ1n) is 8.84. The Morgan fingerprint density at radius 2 is 1.81 bits per heavy atom. The average Bonchev–Trinajstić information content (AvgIpc) is 2.54. The van der Waals surface area contributed by atoms with Crippen LogP contribution in [-0.4, -0.2) is 41.8 Å². The standard InChI is InChI=1S/C19H26IN3O3/c1-11-7-12(2)10-23(9-11)19(26)16-8-15(20)5-6-17(16)22-18(25)13(3)21-14(4)24/h5-6,8,11-13H,7,9-10H2,1-4H3,(H,21,24)(H,22,25)/t11-,12+,13?. The number of piperidine rings is 1. The van der Waals surface area contributed by atoms with E-state index in [2.05, 4.69) is 47.1 Å². The van der Waals surface area contributed by atoms with Crippen molar-refractivity contribution in [2.45, 2.75) is 40.2 Å². The fraction of sp³-hybridized carbons (Fsp3) is 0.526. The second-order valence-corrected chi connectivity index (χ2v) is 8.50. The van der Waals surface area contributed by atoms with Crippen LogP contribution < -0.4 is 10.6 Å². The molecular weight excluding hydrogens is 445 g/mol. The number of hydrogen-bond acceptors (Lipinski definition) is 3. The number of rotatable bonds is 4. The van der Waals surface area contributed by atoms with E-state index in [0.717, 1.165) is 23.1 Å². The van der Waals surface area contributed by atoms with Gasteiger partial charge in [-0.2, -0.15) is 0 Å². The third kappa shape index (κ3) is 5.43. The zero-order chi connectivity index (χ0) is 19.4. The minimum absolute atomic E-state index is 0.0654. The van der Waals surface area contributed by atoms with Gasteiger partial charge in [-0.05, 0) is 66.0 Å². The zero-order valence-electron chi connectivity index (χ0n) is 15.6. The van der Waals surface area contributed by atoms with Crippen molar-refractivity contribution in [2.24, 2.45) is 11.8 Å². The van der Waals surface area contributed by atoms with Crippen LogP contribution in [0.15, 0.2) is 18.2 Å². The van der Waals surface area contributed by atoms with E-state index >= 15 is 0 Å². The third-order valence-electron chi connectivity index (χ3n) is 4.44. The Kier molecular flexibility index (Phi) is 7.02. The number of carbonyl (C=O) groups is 3. The molecule has 26 heavy (non-hydrogen) atoms. The fourth-order valence-corrected chi connectivity index (χ4v) is 3.90. The van der Waals surface area contributed by atoms with Gasteiger partial charge in [0.05, 0.1) is 11.3 Å². The van der Waals surface area contributed by atoms with Gasteiger partial charge in [-0.3, -0.25) is 14.4 Å². The van der Waals surface area contributed by atoms with Crippen LogP contribution in [-0.2, 0) is 9.59 Å². The molecule has 142 valence electrons. The number of halogens is 1. The number of amides is 3. The summed E-state index contributed by atoms with van der Waals surface area (Å²) in [6, 6.07) is 4.71. The van der Waals surface area contributed by atoms with Crippen LogP contribution in [0.25, 0.3) is 0 Å². The monoisotopic (exact) mass is 471 g/mol. The minimum atomic E-state index is -0.676. The highest BCUT2D eigenvalue weighted by atomic mass is 127. The molecule has 2 N–H and O–H groups in total. The van der Waals surface area contributed by atoms with Gasteiger partial charge in [0.1, 0.15) is 6.04 Å². The van der Waals surface area contributed by atoms with E-state index in [-0.39, 0.29) is 17.7 Å². The maximum absolute atomic E-state index is 13.1. The number of carbonyl (C=O) groups excluding carboxylic acids is 3. The van der Waals surface area contributed by atoms with E-state index in [1.165, 1.54) is 6.92 Å². The largest absolute Gasteiger partial charge is 0.345 e. The van der Waals surface area contributed by atoms with Gasteiger partial charge in [0.15, 0.2) is 0 Å². The summed E-state index contributed by atoms with van der Waals surface area (Å²) in [5.41, 5.74) is 0.963. The molecule has 0 bridgehead atoms. The van der Waals surface area contributed by atoms with Crippen molar-refractivity contribution in [3.63, 3.8) is 0 Å². The van der Waals surface area contributed by atoms with Gasteiger partial charge in [0.2, 0.25) is 11.8 Å². The highest BCUT2D eigenvalue weighted by molar-refractivity contribution is 14.1. The van der Waals surface area contributed by atoms with Crippen LogP contribution in [0.1, 0.15) is 44.5 Å². The van der Waals surface area contributed by atoms with Crippen LogP contribution in [0.3, 0.4) is 0 Å². The number of nitrogens with zero attached hydrogens (tertiary/aromatic N) is 1. The van der Waals surface area contributed by atoms with E-state index in [1.54, 1.807) is 19.1 Å². The molecule has 1 heterocycles. The first-order valence-corrected chi connectivity index (χ1v) is 9.92. The van der Waals surface area contributed by atoms with Crippen LogP contribution in [0, 0.1) is 15.4 Å². The number of anilines is 1. The summed E-state index contributed by atoms with van der Waals surface area (Å²) >= 11 is 2.16. The Labute approximate surface area is 168 Å². The van der Waals surface area contributed by atoms with Crippen molar-refractivity contribution >= 4 is 46.0 Å². The lowest BCUT2D eigenvalue weighted by atomic mass is 9.91. The molecule has 1 aromatic carbocycles. The summed E-state index contributed by atoms with van der Waals surface area (Å²) in [7, 11) is 0. The Morgan fingerprint density at radius 1 is 1.19 bits per heavy atom. The lowest BCUT2D eigenvalue weighted by Gasteiger charge is -2.35. The van der Waals surface area contributed by atoms with Crippen molar-refractivity contribution in [1.29, 1.82) is 0 Å². The number of benzene rings is 1. The van der Waals surface area contributed by atoms with E-state index in [4.69, 9.17) is 0 Å². The summed E-state index contributed by atoms with van der Waals surface area (Å²) in [5, 5.41) is 5.33. The minimum Gasteiger partial charge on any atom is -0.345 e. The molecule has 1 aliphatic heterocycles. The van der Waals surface area contributed by atoms with Gasteiger partial charge in [-0.25, -0.2) is 0 Å². The van der Waals surface area contributed by atoms with E-state index < -0.39 is 6.04 Å². The molecule has 7 heteroatoms. The van der Waals surface area contributed by atoms with Gasteiger partial charge >= 0.3 is 0 Å². The molecule has 0 saturated carbocycles. The van der Waals surface area contributed by atoms with E-state index in [0.29, 0.717) is 23.1 Å². The van der Waals surface area contributed by atoms with Crippen molar-refractivity contribution < 1.29 is 14.4 Å². The molecule has 6 nitrogen and oxygen atoms in total. The molecule has 0 aromatic heterocycles. The van der Waals surface area contributed by atoms with Gasteiger partial charge in [0, 0.05) is 23.6 Å². The average molecular weight is 471 g/mol. The highest BCUT2D eigenvalue weighted by Gasteiger charge is 2.28. The molecule has 0 radical (unpaired) electrons. The predicted molar refractivity (Wildman–Crippen MR) is 110 cm³/mol. The van der Waals surface area contributed by atoms with Crippen molar-refractivity contribution in [3.8, 4) is 0 Å². The summed E-state index contributed by atoms with van der Waals surface area (Å²) in [6.07, 6.45) is 1.12. The van der Waals surface area contributed by atoms with Crippen LogP contribution in [0.2, 0.25) is 0 Å². The second-order valence-electron chi connectivity index (χ2n) is 7.26. The van der Waals surface area contributed by atoms with Gasteiger partial charge in [0.25, 0.3) is 5.91 Å². The summed E-state index contributed by atoms with van der Waals surface area (Å²) < 4.78 is 0.928. The molecule has 3 amide bonds. The van der Waals surface area contributed by atoms with Crippen molar-refractivity contribution in [1.82, 2.24) is 10.2 Å². The number of nitrogens with one attached hydrogen (secondary N) is 2. The second kappa shape index (κ2) is 8.83. The van der Waals surface area contributed by atoms with Crippen LogP contribution in [0.5, 0.6) is 0 Å². The SMILES string of the molecule is CC(=O)NC(C)C(=O)Nc1ccc(I)cc1C(=O)N1C[C@H](C)C[C@H](C)C1. The summed E-state index contributed by atoms with van der Waals surface area (Å²) in [6.45, 7) is 8.74. The third-order valence-corrected chi connectivity index (χ3v) is 5.11. The normalized spacial score (nSPS) is 21.0. The molecule has 0 spiro atoms. The van der Waals surface area contributed by atoms with E-state index in [9.17, 15) is 14.4 Å². The maximum atomic E-state index is 13.1. The number of hydrogen-bond donors (Lipinski definition) is 2. The Morgan fingerprint density at radius 3 is 2.38 bits per heavy atom. The highest BCUT2D eigenvalue weighted by Crippen LogP contribution is 2.26. The lowest BCUT2D eigenvalue weighted by Crippen LogP contribution is -2.43. The summed E-state index contributed by atoms with van der Waals surface area (Å²) in [5.74, 6) is 0.231. The quantitative estimate of drug-likeness (QED) is 0.664. The Hall–Kier alpha value is -1.64. The molecule has 2 rings (SSSR count). The molecular formula is C19H26IN3O3. The van der Waals surface area contributed by atoms with Gasteiger partial charge in [-0.1, -0.05) is 13.8 Å². The van der Waals surface area contributed by atoms with Crippen LogP contribution >= 0.6 is 22.6 Å². The molecule has 1 aromatic rings. The van der Waals surface area contributed by atoms with E-state index in [1.807, 2.05) is 11.0 Å². The molecule has 1 unspecified atom stereocenters. The molecule has 0 aliphatic carbocycles. The van der Waals surface area contributed by atoms with Gasteiger partial charge in [-0.15, -0.1) is 0 Å². The smallest absolute Gasteiger partial charge is 0.256 e. The first kappa shape index (κ1) is 20.7. The zero-order valence-corrected chi connectivity index (χ0v) is 17.8. The topological polar surface area (TPSA) is 78.5 Å².